The molecule has 0 aromatic heterocycles. The number of rotatable bonds is 0. The highest BCUT2D eigenvalue weighted by atomic mass is 35.5. The topological polar surface area (TPSA) is 37.3 Å². The molecule has 2 nitrogen and oxygen atoms in total. The minimum absolute atomic E-state index is 0.0208. The molecule has 0 fully saturated rings. The smallest absolute Gasteiger partial charge is 0.172 e. The molecule has 1 aliphatic rings. The van der Waals surface area contributed by atoms with Crippen molar-refractivity contribution in [3.8, 4) is 5.75 Å². The summed E-state index contributed by atoms with van der Waals surface area (Å²) in [6.45, 7) is 3.73. The fourth-order valence-corrected chi connectivity index (χ4v) is 2.12. The van der Waals surface area contributed by atoms with Gasteiger partial charge in [-0.3, -0.25) is 4.79 Å². The zero-order valence-corrected chi connectivity index (χ0v) is 8.85. The fourth-order valence-electron chi connectivity index (χ4n) is 1.90. The van der Waals surface area contributed by atoms with Crippen LogP contribution < -0.4 is 0 Å². The summed E-state index contributed by atoms with van der Waals surface area (Å²) in [7, 11) is 0. The summed E-state index contributed by atoms with van der Waals surface area (Å²) in [5.41, 5.74) is 0.745. The van der Waals surface area contributed by atoms with Gasteiger partial charge in [0.25, 0.3) is 0 Å². The summed E-state index contributed by atoms with van der Waals surface area (Å²) in [6, 6.07) is 3.10. The molecule has 2 rings (SSSR count). The van der Waals surface area contributed by atoms with Crippen molar-refractivity contribution in [2.45, 2.75) is 20.3 Å². The molecule has 1 aliphatic carbocycles. The number of hydrogen-bond donors (Lipinski definition) is 1. The second kappa shape index (κ2) is 2.74. The fraction of sp³-hybridized carbons (Fsp3) is 0.364. The Balaban J connectivity index is 2.70. The van der Waals surface area contributed by atoms with Crippen molar-refractivity contribution < 1.29 is 9.90 Å². The van der Waals surface area contributed by atoms with Gasteiger partial charge in [-0.25, -0.2) is 0 Å². The summed E-state index contributed by atoms with van der Waals surface area (Å²) >= 11 is 5.97. The van der Waals surface area contributed by atoms with Gasteiger partial charge in [-0.1, -0.05) is 25.4 Å². The monoisotopic (exact) mass is 210 g/mol. The lowest BCUT2D eigenvalue weighted by molar-refractivity contribution is 0.0861. The molecular formula is C11H11ClO2. The van der Waals surface area contributed by atoms with Gasteiger partial charge in [0.1, 0.15) is 5.75 Å². The van der Waals surface area contributed by atoms with E-state index in [1.807, 2.05) is 13.8 Å². The highest BCUT2D eigenvalue weighted by Crippen LogP contribution is 2.43. The Labute approximate surface area is 87.5 Å². The predicted octanol–water partition coefficient (Wildman–Crippen LogP) is 2.81. The summed E-state index contributed by atoms with van der Waals surface area (Å²) in [6.07, 6.45) is 0.606. The van der Waals surface area contributed by atoms with E-state index in [4.69, 9.17) is 11.6 Å². The third-order valence-electron chi connectivity index (χ3n) is 2.69. The molecule has 14 heavy (non-hydrogen) atoms. The Hall–Kier alpha value is -1.02. The van der Waals surface area contributed by atoms with Crippen molar-refractivity contribution in [1.29, 1.82) is 0 Å². The maximum Gasteiger partial charge on any atom is 0.172 e. The van der Waals surface area contributed by atoms with Crippen LogP contribution in [0.15, 0.2) is 12.1 Å². The number of carbonyl (C=O) groups excluding carboxylic acids is 1. The first-order valence-electron chi connectivity index (χ1n) is 4.48. The van der Waals surface area contributed by atoms with Gasteiger partial charge in [-0.2, -0.15) is 0 Å². The zero-order valence-electron chi connectivity index (χ0n) is 8.10. The van der Waals surface area contributed by atoms with E-state index in [1.165, 1.54) is 6.07 Å². The molecule has 0 aliphatic heterocycles. The van der Waals surface area contributed by atoms with Crippen molar-refractivity contribution in [2.75, 3.05) is 0 Å². The Kier molecular flexibility index (Phi) is 1.86. The lowest BCUT2D eigenvalue weighted by atomic mass is 9.89. The van der Waals surface area contributed by atoms with Crippen molar-refractivity contribution in [1.82, 2.24) is 0 Å². The summed E-state index contributed by atoms with van der Waals surface area (Å²) in [4.78, 5) is 11.9. The summed E-state index contributed by atoms with van der Waals surface area (Å²) in [5, 5.41) is 10.1. The first-order valence-corrected chi connectivity index (χ1v) is 4.86. The molecule has 0 unspecified atom stereocenters. The minimum atomic E-state index is -0.440. The third-order valence-corrected chi connectivity index (χ3v) is 3.05. The van der Waals surface area contributed by atoms with E-state index in [1.54, 1.807) is 6.07 Å². The van der Waals surface area contributed by atoms with Gasteiger partial charge >= 0.3 is 0 Å². The van der Waals surface area contributed by atoms with Crippen molar-refractivity contribution in [2.24, 2.45) is 5.41 Å². The van der Waals surface area contributed by atoms with E-state index in [0.29, 0.717) is 17.0 Å². The van der Waals surface area contributed by atoms with Gasteiger partial charge in [-0.15, -0.1) is 0 Å². The lowest BCUT2D eigenvalue weighted by Gasteiger charge is -2.13. The molecule has 1 N–H and O–H groups in total. The quantitative estimate of drug-likeness (QED) is 0.715. The van der Waals surface area contributed by atoms with Crippen molar-refractivity contribution in [3.63, 3.8) is 0 Å². The lowest BCUT2D eigenvalue weighted by Crippen LogP contribution is -2.18. The molecule has 0 atom stereocenters. The second-order valence-electron chi connectivity index (χ2n) is 4.31. The second-order valence-corrected chi connectivity index (χ2v) is 4.72. The SMILES string of the molecule is CC1(C)Cc2c(Cl)ccc(O)c2C1=O. The molecule has 74 valence electrons. The van der Waals surface area contributed by atoms with Crippen LogP contribution in [-0.4, -0.2) is 10.9 Å². The highest BCUT2D eigenvalue weighted by molar-refractivity contribution is 6.32. The standard InChI is InChI=1S/C11H11ClO2/c1-11(2)5-6-7(12)3-4-8(13)9(6)10(11)14/h3-4,13H,5H2,1-2H3. The van der Waals surface area contributed by atoms with Crippen LogP contribution in [0.3, 0.4) is 0 Å². The first-order chi connectivity index (χ1) is 6.43. The van der Waals surface area contributed by atoms with E-state index in [0.717, 1.165) is 5.56 Å². The number of carbonyl (C=O) groups is 1. The normalized spacial score (nSPS) is 18.4. The van der Waals surface area contributed by atoms with Crippen LogP contribution in [0.25, 0.3) is 0 Å². The van der Waals surface area contributed by atoms with Gasteiger partial charge in [0.15, 0.2) is 5.78 Å². The summed E-state index contributed by atoms with van der Waals surface area (Å²) < 4.78 is 0. The molecule has 1 aromatic rings. The average Bonchev–Trinajstić information content (AvgIpc) is 2.33. The van der Waals surface area contributed by atoms with E-state index >= 15 is 0 Å². The van der Waals surface area contributed by atoms with Crippen molar-refractivity contribution in [3.05, 3.63) is 28.3 Å². The molecule has 0 radical (unpaired) electrons. The molecule has 0 amide bonds. The number of hydrogen-bond acceptors (Lipinski definition) is 2. The van der Waals surface area contributed by atoms with Crippen molar-refractivity contribution >= 4 is 17.4 Å². The number of halogens is 1. The van der Waals surface area contributed by atoms with Gasteiger partial charge in [-0.05, 0) is 24.1 Å². The molecule has 0 saturated carbocycles. The number of benzene rings is 1. The maximum absolute atomic E-state index is 11.9. The average molecular weight is 211 g/mol. The Morgan fingerprint density at radius 2 is 2.07 bits per heavy atom. The molecule has 1 aromatic carbocycles. The Bertz CT molecular complexity index is 422. The summed E-state index contributed by atoms with van der Waals surface area (Å²) in [5.74, 6) is 0.0208. The predicted molar refractivity (Wildman–Crippen MR) is 54.9 cm³/mol. The Morgan fingerprint density at radius 3 is 2.64 bits per heavy atom. The van der Waals surface area contributed by atoms with Crippen LogP contribution in [0, 0.1) is 5.41 Å². The van der Waals surface area contributed by atoms with E-state index in [-0.39, 0.29) is 11.5 Å². The third kappa shape index (κ3) is 1.14. The number of ketones is 1. The minimum Gasteiger partial charge on any atom is -0.507 e. The van der Waals surface area contributed by atoms with Gasteiger partial charge < -0.3 is 5.11 Å². The van der Waals surface area contributed by atoms with Gasteiger partial charge in [0.2, 0.25) is 0 Å². The van der Waals surface area contributed by atoms with Gasteiger partial charge in [0, 0.05) is 10.4 Å². The van der Waals surface area contributed by atoms with Crippen LogP contribution >= 0.6 is 11.6 Å². The van der Waals surface area contributed by atoms with Crippen LogP contribution in [0.1, 0.15) is 29.8 Å². The number of phenols is 1. The number of aromatic hydroxyl groups is 1. The van der Waals surface area contributed by atoms with Crippen LogP contribution in [0.2, 0.25) is 5.02 Å². The molecule has 0 heterocycles. The Morgan fingerprint density at radius 1 is 1.43 bits per heavy atom. The first kappa shape index (κ1) is 9.53. The molecule has 0 bridgehead atoms. The van der Waals surface area contributed by atoms with Gasteiger partial charge in [0.05, 0.1) is 5.56 Å². The van der Waals surface area contributed by atoms with E-state index < -0.39 is 5.41 Å². The largest absolute Gasteiger partial charge is 0.507 e. The van der Waals surface area contributed by atoms with E-state index in [9.17, 15) is 9.90 Å². The number of fused-ring (bicyclic) bond motifs is 1. The molecular weight excluding hydrogens is 200 g/mol. The van der Waals surface area contributed by atoms with Crippen LogP contribution in [-0.2, 0) is 6.42 Å². The number of phenolic OH excluding ortho intramolecular Hbond substituents is 1. The van der Waals surface area contributed by atoms with Crippen LogP contribution in [0.5, 0.6) is 5.75 Å². The van der Waals surface area contributed by atoms with E-state index in [2.05, 4.69) is 0 Å². The molecule has 0 spiro atoms. The molecule has 3 heteroatoms. The zero-order chi connectivity index (χ0) is 10.5. The number of Topliss-reactive ketones (excluding diaryl/α,β-unsaturated/α-hetero) is 1. The molecule has 0 saturated heterocycles. The highest BCUT2D eigenvalue weighted by Gasteiger charge is 2.40. The maximum atomic E-state index is 11.9. The van der Waals surface area contributed by atoms with Crippen LogP contribution in [0.4, 0.5) is 0 Å².